The van der Waals surface area contributed by atoms with Crippen molar-refractivity contribution in [2.45, 2.75) is 37.8 Å². The molecular formula is C10H18N2O2. The molecule has 0 spiro atoms. The van der Waals surface area contributed by atoms with Crippen LogP contribution in [0, 0.1) is 0 Å². The summed E-state index contributed by atoms with van der Waals surface area (Å²) in [6.07, 6.45) is 3.65. The Bertz CT molecular complexity index is 214. The lowest BCUT2D eigenvalue weighted by Crippen LogP contribution is -2.49. The summed E-state index contributed by atoms with van der Waals surface area (Å²) in [5.41, 5.74) is 0. The number of hydrogen-bond donors (Lipinski definition) is 2. The first-order chi connectivity index (χ1) is 6.79. The zero-order valence-corrected chi connectivity index (χ0v) is 8.41. The van der Waals surface area contributed by atoms with Crippen molar-refractivity contribution in [3.8, 4) is 0 Å². The number of aliphatic hydroxyl groups is 1. The van der Waals surface area contributed by atoms with Crippen molar-refractivity contribution in [1.29, 1.82) is 0 Å². The molecule has 2 N–H and O–H groups in total. The van der Waals surface area contributed by atoms with E-state index in [0.717, 1.165) is 32.5 Å². The van der Waals surface area contributed by atoms with E-state index in [1.54, 1.807) is 0 Å². The second kappa shape index (κ2) is 4.28. The van der Waals surface area contributed by atoms with Gasteiger partial charge in [-0.2, -0.15) is 0 Å². The summed E-state index contributed by atoms with van der Waals surface area (Å²) in [5, 5.41) is 12.6. The lowest BCUT2D eigenvalue weighted by Gasteiger charge is -2.30. The van der Waals surface area contributed by atoms with Gasteiger partial charge in [0.15, 0.2) is 0 Å². The summed E-state index contributed by atoms with van der Waals surface area (Å²) in [6, 6.07) is -0.340. The number of nitrogens with zero attached hydrogens (tertiary/aromatic N) is 1. The quantitative estimate of drug-likeness (QED) is 0.609. The minimum atomic E-state index is -0.482. The highest BCUT2D eigenvalue weighted by molar-refractivity contribution is 5.83. The minimum absolute atomic E-state index is 0.0923. The number of hydrogen-bond acceptors (Lipinski definition) is 3. The molecule has 1 amide bonds. The largest absolute Gasteiger partial charge is 0.391 e. The minimum Gasteiger partial charge on any atom is -0.391 e. The predicted molar refractivity (Wildman–Crippen MR) is 52.8 cm³/mol. The fraction of sp³-hybridized carbons (Fsp3) is 0.900. The van der Waals surface area contributed by atoms with Gasteiger partial charge >= 0.3 is 0 Å². The van der Waals surface area contributed by atoms with E-state index in [4.69, 9.17) is 0 Å². The molecule has 0 saturated carbocycles. The topological polar surface area (TPSA) is 52.6 Å². The Morgan fingerprint density at radius 1 is 1.29 bits per heavy atom. The molecule has 4 nitrogen and oxygen atoms in total. The molecule has 1 unspecified atom stereocenters. The smallest absolute Gasteiger partial charge is 0.242 e. The normalized spacial score (nSPS) is 33.4. The third-order valence-electron chi connectivity index (χ3n) is 3.12. The van der Waals surface area contributed by atoms with Crippen LogP contribution in [0.15, 0.2) is 0 Å². The molecule has 0 radical (unpaired) electrons. The Kier molecular flexibility index (Phi) is 3.03. The number of likely N-dealkylation sites (tertiary alicyclic amines) is 1. The van der Waals surface area contributed by atoms with Crippen LogP contribution in [-0.4, -0.2) is 47.7 Å². The van der Waals surface area contributed by atoms with Crippen molar-refractivity contribution in [2.24, 2.45) is 0 Å². The molecule has 0 aromatic rings. The molecule has 0 aromatic heterocycles. The highest BCUT2D eigenvalue weighted by Gasteiger charge is 2.34. The molecule has 2 fully saturated rings. The highest BCUT2D eigenvalue weighted by atomic mass is 16.3. The number of carbonyl (C=O) groups is 1. The average molecular weight is 198 g/mol. The number of piperidine rings is 1. The zero-order valence-electron chi connectivity index (χ0n) is 8.41. The van der Waals surface area contributed by atoms with Gasteiger partial charge in [-0.05, 0) is 32.2 Å². The van der Waals surface area contributed by atoms with Gasteiger partial charge in [-0.3, -0.25) is 4.79 Å². The van der Waals surface area contributed by atoms with E-state index in [0.29, 0.717) is 6.42 Å². The van der Waals surface area contributed by atoms with E-state index in [2.05, 4.69) is 5.32 Å². The van der Waals surface area contributed by atoms with Gasteiger partial charge in [-0.15, -0.1) is 0 Å². The van der Waals surface area contributed by atoms with Crippen molar-refractivity contribution in [2.75, 3.05) is 19.6 Å². The van der Waals surface area contributed by atoms with Gasteiger partial charge in [0, 0.05) is 13.1 Å². The number of carbonyl (C=O) groups excluding carboxylic acids is 1. The monoisotopic (exact) mass is 198 g/mol. The first-order valence-corrected chi connectivity index (χ1v) is 5.49. The second-order valence-corrected chi connectivity index (χ2v) is 4.17. The molecule has 0 aromatic carbocycles. The van der Waals surface area contributed by atoms with E-state index in [9.17, 15) is 9.90 Å². The van der Waals surface area contributed by atoms with Crippen LogP contribution in [0.3, 0.4) is 0 Å². The van der Waals surface area contributed by atoms with Gasteiger partial charge in [0.1, 0.15) is 6.04 Å². The number of rotatable bonds is 1. The third kappa shape index (κ3) is 1.91. The Hall–Kier alpha value is -0.610. The van der Waals surface area contributed by atoms with Crippen LogP contribution >= 0.6 is 0 Å². The van der Waals surface area contributed by atoms with Gasteiger partial charge in [0.05, 0.1) is 6.10 Å². The van der Waals surface area contributed by atoms with Gasteiger partial charge in [0.25, 0.3) is 0 Å². The van der Waals surface area contributed by atoms with Crippen molar-refractivity contribution >= 4 is 5.91 Å². The molecule has 2 atom stereocenters. The number of aliphatic hydroxyl groups excluding tert-OH is 1. The zero-order chi connectivity index (χ0) is 9.97. The van der Waals surface area contributed by atoms with Crippen LogP contribution in [0.4, 0.5) is 0 Å². The van der Waals surface area contributed by atoms with Crippen LogP contribution < -0.4 is 5.32 Å². The Morgan fingerprint density at radius 2 is 2.00 bits per heavy atom. The van der Waals surface area contributed by atoms with E-state index in [1.807, 2.05) is 4.90 Å². The molecule has 0 aliphatic carbocycles. The predicted octanol–water partition coefficient (Wildman–Crippen LogP) is -0.278. The van der Waals surface area contributed by atoms with Crippen LogP contribution in [0.25, 0.3) is 0 Å². The summed E-state index contributed by atoms with van der Waals surface area (Å²) in [4.78, 5) is 13.8. The van der Waals surface area contributed by atoms with Crippen LogP contribution in [0.2, 0.25) is 0 Å². The molecule has 2 rings (SSSR count). The molecule has 80 valence electrons. The van der Waals surface area contributed by atoms with Crippen LogP contribution in [0.1, 0.15) is 25.7 Å². The van der Waals surface area contributed by atoms with E-state index < -0.39 is 6.10 Å². The van der Waals surface area contributed by atoms with Gasteiger partial charge in [-0.1, -0.05) is 0 Å². The summed E-state index contributed by atoms with van der Waals surface area (Å²) < 4.78 is 0. The third-order valence-corrected chi connectivity index (χ3v) is 3.12. The Morgan fingerprint density at radius 3 is 2.57 bits per heavy atom. The lowest BCUT2D eigenvalue weighted by molar-refractivity contribution is -0.136. The number of nitrogens with one attached hydrogen (secondary N) is 1. The molecule has 2 aliphatic rings. The summed E-state index contributed by atoms with van der Waals surface area (Å²) in [7, 11) is 0. The fourth-order valence-electron chi connectivity index (χ4n) is 2.25. The molecule has 4 heteroatoms. The molecule has 14 heavy (non-hydrogen) atoms. The molecule has 2 aliphatic heterocycles. The molecular weight excluding hydrogens is 180 g/mol. The van der Waals surface area contributed by atoms with Gasteiger partial charge in [-0.25, -0.2) is 0 Å². The standard InChI is InChI=1S/C10H18N2O2/c13-8-4-5-11-9(8)10(14)12-6-2-1-3-7-12/h8-9,11,13H,1-7H2/t8?,9-/m0/s1. The first kappa shape index (κ1) is 9.93. The van der Waals surface area contributed by atoms with Crippen LogP contribution in [-0.2, 0) is 4.79 Å². The summed E-state index contributed by atoms with van der Waals surface area (Å²) >= 11 is 0. The maximum atomic E-state index is 11.9. The van der Waals surface area contributed by atoms with Crippen molar-refractivity contribution < 1.29 is 9.90 Å². The molecule has 0 bridgehead atoms. The average Bonchev–Trinajstić information content (AvgIpc) is 2.65. The first-order valence-electron chi connectivity index (χ1n) is 5.49. The Labute approximate surface area is 84.3 Å². The van der Waals surface area contributed by atoms with Crippen molar-refractivity contribution in [1.82, 2.24) is 10.2 Å². The summed E-state index contributed by atoms with van der Waals surface area (Å²) in [6.45, 7) is 2.48. The van der Waals surface area contributed by atoms with Gasteiger partial charge in [0.2, 0.25) is 5.91 Å². The Balaban J connectivity index is 1.92. The maximum Gasteiger partial charge on any atom is 0.242 e. The van der Waals surface area contributed by atoms with Crippen molar-refractivity contribution in [3.05, 3.63) is 0 Å². The SMILES string of the molecule is O=C([C@H]1NCCC1O)N1CCCCC1. The van der Waals surface area contributed by atoms with E-state index in [-0.39, 0.29) is 11.9 Å². The maximum absolute atomic E-state index is 11.9. The second-order valence-electron chi connectivity index (χ2n) is 4.17. The fourth-order valence-corrected chi connectivity index (χ4v) is 2.25. The molecule has 2 saturated heterocycles. The van der Waals surface area contributed by atoms with Crippen molar-refractivity contribution in [3.63, 3.8) is 0 Å². The van der Waals surface area contributed by atoms with Crippen LogP contribution in [0.5, 0.6) is 0 Å². The molecule has 2 heterocycles. The highest BCUT2D eigenvalue weighted by Crippen LogP contribution is 2.14. The van der Waals surface area contributed by atoms with E-state index in [1.165, 1.54) is 6.42 Å². The summed E-state index contributed by atoms with van der Waals surface area (Å²) in [5.74, 6) is 0.0923. The lowest BCUT2D eigenvalue weighted by atomic mass is 10.1. The van der Waals surface area contributed by atoms with E-state index >= 15 is 0 Å². The van der Waals surface area contributed by atoms with Gasteiger partial charge < -0.3 is 15.3 Å². The number of amides is 1.